The number of carbonyl (C=O) groups excluding carboxylic acids is 2. The van der Waals surface area contributed by atoms with Gasteiger partial charge in [0.25, 0.3) is 0 Å². The Morgan fingerprint density at radius 1 is 1.10 bits per heavy atom. The van der Waals surface area contributed by atoms with Crippen LogP contribution in [0.3, 0.4) is 0 Å². The highest BCUT2D eigenvalue weighted by Gasteiger charge is 2.37. The van der Waals surface area contributed by atoms with E-state index in [2.05, 4.69) is 0 Å². The van der Waals surface area contributed by atoms with Crippen molar-refractivity contribution in [1.29, 1.82) is 0 Å². The first-order valence-corrected chi connectivity index (χ1v) is 7.97. The van der Waals surface area contributed by atoms with Crippen LogP contribution >= 0.6 is 0 Å². The van der Waals surface area contributed by atoms with E-state index in [9.17, 15) is 9.59 Å². The molecule has 114 valence electrons. The molecular weight excluding hydrogens is 254 g/mol. The highest BCUT2D eigenvalue weighted by Crippen LogP contribution is 2.29. The maximum atomic E-state index is 12.4. The molecule has 4 nitrogen and oxygen atoms in total. The molecule has 0 aromatic heterocycles. The Morgan fingerprint density at radius 2 is 1.75 bits per heavy atom. The number of carbonyl (C=O) groups is 2. The largest absolute Gasteiger partial charge is 0.469 e. The van der Waals surface area contributed by atoms with E-state index in [0.29, 0.717) is 25.4 Å². The lowest BCUT2D eigenvalue weighted by atomic mass is 9.96. The van der Waals surface area contributed by atoms with Crippen LogP contribution in [-0.4, -0.2) is 37.0 Å². The Labute approximate surface area is 121 Å². The van der Waals surface area contributed by atoms with Gasteiger partial charge in [0.05, 0.1) is 13.0 Å². The van der Waals surface area contributed by atoms with E-state index in [1.165, 1.54) is 45.6 Å². The number of amides is 1. The van der Waals surface area contributed by atoms with Crippen LogP contribution in [0.1, 0.15) is 51.9 Å². The van der Waals surface area contributed by atoms with Gasteiger partial charge in [-0.25, -0.2) is 0 Å². The minimum atomic E-state index is -0.178. The quantitative estimate of drug-likeness (QED) is 0.590. The van der Waals surface area contributed by atoms with Crippen LogP contribution < -0.4 is 0 Å². The van der Waals surface area contributed by atoms with E-state index >= 15 is 0 Å². The highest BCUT2D eigenvalue weighted by atomic mass is 16.5. The minimum absolute atomic E-state index is 0.141. The molecule has 1 saturated carbocycles. The second kappa shape index (κ2) is 7.09. The van der Waals surface area contributed by atoms with Gasteiger partial charge in [-0.05, 0) is 24.7 Å². The van der Waals surface area contributed by atoms with E-state index in [0.717, 1.165) is 0 Å². The van der Waals surface area contributed by atoms with E-state index < -0.39 is 0 Å². The average molecular weight is 281 g/mol. The fourth-order valence-corrected chi connectivity index (χ4v) is 3.57. The van der Waals surface area contributed by atoms with Crippen LogP contribution in [-0.2, 0) is 14.3 Å². The SMILES string of the molecule is COC(=O)C1CN(C(=O)CC2CCCCCC2)CC1C. The number of methoxy groups -OCH3 is 1. The number of esters is 1. The average Bonchev–Trinajstić information content (AvgIpc) is 2.66. The maximum absolute atomic E-state index is 12.4. The van der Waals surface area contributed by atoms with Gasteiger partial charge in [0.2, 0.25) is 5.91 Å². The van der Waals surface area contributed by atoms with Crippen LogP contribution in [0.2, 0.25) is 0 Å². The third-order valence-corrected chi connectivity index (χ3v) is 4.91. The number of rotatable bonds is 3. The van der Waals surface area contributed by atoms with Crippen molar-refractivity contribution in [1.82, 2.24) is 4.90 Å². The van der Waals surface area contributed by atoms with E-state index in [1.807, 2.05) is 11.8 Å². The van der Waals surface area contributed by atoms with Gasteiger partial charge in [0.15, 0.2) is 0 Å². The lowest BCUT2D eigenvalue weighted by Gasteiger charge is -2.20. The number of hydrogen-bond acceptors (Lipinski definition) is 3. The lowest BCUT2D eigenvalue weighted by Crippen LogP contribution is -2.31. The summed E-state index contributed by atoms with van der Waals surface area (Å²) in [6.45, 7) is 3.27. The molecule has 1 amide bonds. The summed E-state index contributed by atoms with van der Waals surface area (Å²) in [6.07, 6.45) is 8.20. The number of hydrogen-bond donors (Lipinski definition) is 0. The van der Waals surface area contributed by atoms with Crippen LogP contribution in [0.15, 0.2) is 0 Å². The molecule has 1 heterocycles. The third-order valence-electron chi connectivity index (χ3n) is 4.91. The summed E-state index contributed by atoms with van der Waals surface area (Å²) in [4.78, 5) is 25.9. The van der Waals surface area contributed by atoms with Crippen LogP contribution in [0.5, 0.6) is 0 Å². The van der Waals surface area contributed by atoms with Gasteiger partial charge in [-0.15, -0.1) is 0 Å². The molecule has 20 heavy (non-hydrogen) atoms. The van der Waals surface area contributed by atoms with Gasteiger partial charge in [-0.3, -0.25) is 9.59 Å². The van der Waals surface area contributed by atoms with Crippen LogP contribution in [0.25, 0.3) is 0 Å². The number of nitrogens with zero attached hydrogens (tertiary/aromatic N) is 1. The Hall–Kier alpha value is -1.06. The van der Waals surface area contributed by atoms with Crippen molar-refractivity contribution in [3.05, 3.63) is 0 Å². The molecule has 2 rings (SSSR count). The molecule has 2 aliphatic rings. The Morgan fingerprint density at radius 3 is 2.35 bits per heavy atom. The number of likely N-dealkylation sites (tertiary alicyclic amines) is 1. The predicted octanol–water partition coefficient (Wildman–Crippen LogP) is 2.61. The zero-order valence-corrected chi connectivity index (χ0v) is 12.8. The zero-order valence-electron chi connectivity index (χ0n) is 12.8. The molecule has 0 N–H and O–H groups in total. The van der Waals surface area contributed by atoms with Crippen molar-refractivity contribution >= 4 is 11.9 Å². The van der Waals surface area contributed by atoms with Crippen molar-refractivity contribution in [2.24, 2.45) is 17.8 Å². The molecule has 2 fully saturated rings. The topological polar surface area (TPSA) is 46.6 Å². The minimum Gasteiger partial charge on any atom is -0.469 e. The highest BCUT2D eigenvalue weighted by molar-refractivity contribution is 5.79. The molecule has 1 aliphatic heterocycles. The maximum Gasteiger partial charge on any atom is 0.310 e. The Balaban J connectivity index is 1.85. The summed E-state index contributed by atoms with van der Waals surface area (Å²) in [6, 6.07) is 0. The van der Waals surface area contributed by atoms with Crippen molar-refractivity contribution in [2.45, 2.75) is 51.9 Å². The van der Waals surface area contributed by atoms with Crippen LogP contribution in [0, 0.1) is 17.8 Å². The number of ether oxygens (including phenoxy) is 1. The smallest absolute Gasteiger partial charge is 0.310 e. The summed E-state index contributed by atoms with van der Waals surface area (Å²) in [5, 5.41) is 0. The summed E-state index contributed by atoms with van der Waals surface area (Å²) in [5.41, 5.74) is 0. The standard InChI is InChI=1S/C16H27NO3/c1-12-10-17(11-14(12)16(19)20-2)15(18)9-13-7-5-3-4-6-8-13/h12-14H,3-11H2,1-2H3. The molecule has 1 aliphatic carbocycles. The van der Waals surface area contributed by atoms with Gasteiger partial charge >= 0.3 is 5.97 Å². The Bertz CT molecular complexity index is 348. The van der Waals surface area contributed by atoms with Gasteiger partial charge < -0.3 is 9.64 Å². The molecule has 0 radical (unpaired) electrons. The summed E-state index contributed by atoms with van der Waals surface area (Å²) >= 11 is 0. The first-order chi connectivity index (χ1) is 9.61. The molecule has 0 bridgehead atoms. The molecular formula is C16H27NO3. The van der Waals surface area contributed by atoms with Crippen molar-refractivity contribution < 1.29 is 14.3 Å². The van der Waals surface area contributed by atoms with E-state index in [1.54, 1.807) is 0 Å². The monoisotopic (exact) mass is 281 g/mol. The lowest BCUT2D eigenvalue weighted by molar-refractivity contribution is -0.146. The summed E-state index contributed by atoms with van der Waals surface area (Å²) in [5.74, 6) is 0.675. The molecule has 2 atom stereocenters. The van der Waals surface area contributed by atoms with Crippen LogP contribution in [0.4, 0.5) is 0 Å². The third kappa shape index (κ3) is 3.74. The first kappa shape index (κ1) is 15.3. The van der Waals surface area contributed by atoms with Crippen molar-refractivity contribution in [2.75, 3.05) is 20.2 Å². The fourth-order valence-electron chi connectivity index (χ4n) is 3.57. The molecule has 0 aromatic rings. The molecule has 4 heteroatoms. The molecule has 1 saturated heterocycles. The molecule has 2 unspecified atom stereocenters. The molecule has 0 spiro atoms. The zero-order chi connectivity index (χ0) is 14.5. The van der Waals surface area contributed by atoms with Gasteiger partial charge in [-0.1, -0.05) is 32.6 Å². The van der Waals surface area contributed by atoms with Crippen molar-refractivity contribution in [3.63, 3.8) is 0 Å². The van der Waals surface area contributed by atoms with E-state index in [-0.39, 0.29) is 23.7 Å². The van der Waals surface area contributed by atoms with Crippen molar-refractivity contribution in [3.8, 4) is 0 Å². The first-order valence-electron chi connectivity index (χ1n) is 7.97. The summed E-state index contributed by atoms with van der Waals surface area (Å²) in [7, 11) is 1.42. The van der Waals surface area contributed by atoms with Gasteiger partial charge in [0, 0.05) is 19.5 Å². The molecule has 0 aromatic carbocycles. The van der Waals surface area contributed by atoms with Gasteiger partial charge in [-0.2, -0.15) is 0 Å². The van der Waals surface area contributed by atoms with E-state index in [4.69, 9.17) is 4.74 Å². The Kier molecular flexibility index (Phi) is 5.44. The predicted molar refractivity (Wildman–Crippen MR) is 77.1 cm³/mol. The second-order valence-corrected chi connectivity index (χ2v) is 6.47. The normalized spacial score (nSPS) is 28.2. The fraction of sp³-hybridized carbons (Fsp3) is 0.875. The summed E-state index contributed by atoms with van der Waals surface area (Å²) < 4.78 is 4.82. The second-order valence-electron chi connectivity index (χ2n) is 6.47. The van der Waals surface area contributed by atoms with Gasteiger partial charge in [0.1, 0.15) is 0 Å².